The average Bonchev–Trinajstić information content (AvgIpc) is 2.90. The second kappa shape index (κ2) is 13.0. The van der Waals surface area contributed by atoms with Crippen LogP contribution in [0.2, 0.25) is 5.02 Å². The summed E-state index contributed by atoms with van der Waals surface area (Å²) in [7, 11) is -2.75. The zero-order chi connectivity index (χ0) is 30.5. The van der Waals surface area contributed by atoms with Gasteiger partial charge in [-0.25, -0.2) is 8.42 Å². The number of benzene rings is 3. The van der Waals surface area contributed by atoms with Crippen molar-refractivity contribution in [3.63, 3.8) is 0 Å². The van der Waals surface area contributed by atoms with Crippen LogP contribution < -0.4 is 14.4 Å². The summed E-state index contributed by atoms with van der Waals surface area (Å²) in [5, 5.41) is 3.11. The van der Waals surface area contributed by atoms with Gasteiger partial charge in [-0.05, 0) is 77.4 Å². The van der Waals surface area contributed by atoms with Crippen molar-refractivity contribution in [2.24, 2.45) is 0 Å². The molecule has 0 radical (unpaired) electrons. The quantitative estimate of drug-likeness (QED) is 0.332. The van der Waals surface area contributed by atoms with E-state index in [9.17, 15) is 18.0 Å². The van der Waals surface area contributed by atoms with Gasteiger partial charge >= 0.3 is 0 Å². The van der Waals surface area contributed by atoms with Gasteiger partial charge in [-0.1, -0.05) is 59.1 Å². The van der Waals surface area contributed by atoms with Crippen molar-refractivity contribution in [3.05, 3.63) is 88.4 Å². The fourth-order valence-corrected chi connectivity index (χ4v) is 5.78. The third kappa shape index (κ3) is 8.24. The van der Waals surface area contributed by atoms with E-state index in [2.05, 4.69) is 5.32 Å². The molecule has 1 unspecified atom stereocenters. The van der Waals surface area contributed by atoms with Crippen LogP contribution in [-0.2, 0) is 26.2 Å². The van der Waals surface area contributed by atoms with E-state index in [-0.39, 0.29) is 28.1 Å². The average molecular weight is 600 g/mol. The normalized spacial score (nSPS) is 12.4. The van der Waals surface area contributed by atoms with E-state index in [0.717, 1.165) is 21.0 Å². The van der Waals surface area contributed by atoms with E-state index >= 15 is 0 Å². The fourth-order valence-electron chi connectivity index (χ4n) is 4.12. The maximum Gasteiger partial charge on any atom is 0.264 e. The maximum atomic E-state index is 14.0. The number of aryl methyl sites for hydroxylation is 2. The van der Waals surface area contributed by atoms with Crippen LogP contribution in [0.15, 0.2) is 71.6 Å². The molecule has 3 aromatic rings. The summed E-state index contributed by atoms with van der Waals surface area (Å²) in [6.07, 6.45) is 0. The Morgan fingerprint density at radius 3 is 2.02 bits per heavy atom. The molecule has 3 rings (SSSR count). The number of amides is 2. The number of carbonyl (C=O) groups is 2. The van der Waals surface area contributed by atoms with E-state index in [1.54, 1.807) is 25.1 Å². The number of sulfonamides is 1. The highest BCUT2D eigenvalue weighted by atomic mass is 35.5. The lowest BCUT2D eigenvalue weighted by molar-refractivity contribution is -0.140. The Morgan fingerprint density at radius 1 is 0.951 bits per heavy atom. The second-order valence-corrected chi connectivity index (χ2v) is 13.3. The van der Waals surface area contributed by atoms with Gasteiger partial charge in [0.15, 0.2) is 0 Å². The topological polar surface area (TPSA) is 96.0 Å². The van der Waals surface area contributed by atoms with Crippen LogP contribution in [-0.4, -0.2) is 50.4 Å². The van der Waals surface area contributed by atoms with Crippen molar-refractivity contribution in [1.82, 2.24) is 10.2 Å². The largest absolute Gasteiger partial charge is 0.495 e. The lowest BCUT2D eigenvalue weighted by Crippen LogP contribution is -2.54. The molecule has 2 amide bonds. The molecule has 0 aliphatic rings. The monoisotopic (exact) mass is 599 g/mol. The molecule has 0 saturated heterocycles. The van der Waals surface area contributed by atoms with Crippen molar-refractivity contribution in [2.45, 2.75) is 64.6 Å². The Balaban J connectivity index is 2.07. The number of anilines is 1. The molecule has 0 aliphatic heterocycles. The van der Waals surface area contributed by atoms with E-state index in [1.807, 2.05) is 58.9 Å². The van der Waals surface area contributed by atoms with Crippen molar-refractivity contribution in [1.29, 1.82) is 0 Å². The lowest BCUT2D eigenvalue weighted by atomic mass is 10.1. The Bertz CT molecular complexity index is 1480. The van der Waals surface area contributed by atoms with Gasteiger partial charge in [0.1, 0.15) is 18.3 Å². The van der Waals surface area contributed by atoms with Crippen LogP contribution in [0.25, 0.3) is 0 Å². The third-order valence-electron chi connectivity index (χ3n) is 6.45. The van der Waals surface area contributed by atoms with Gasteiger partial charge in [0.25, 0.3) is 10.0 Å². The van der Waals surface area contributed by atoms with Crippen LogP contribution in [0.1, 0.15) is 44.4 Å². The molecular weight excluding hydrogens is 562 g/mol. The summed E-state index contributed by atoms with van der Waals surface area (Å²) in [6.45, 7) is 10.6. The Morgan fingerprint density at radius 2 is 1.51 bits per heavy atom. The van der Waals surface area contributed by atoms with Crippen LogP contribution >= 0.6 is 11.6 Å². The molecule has 0 aliphatic carbocycles. The molecule has 1 atom stereocenters. The van der Waals surface area contributed by atoms with Gasteiger partial charge in [-0.2, -0.15) is 0 Å². The summed E-state index contributed by atoms with van der Waals surface area (Å²) in [6, 6.07) is 17.6. The highest BCUT2D eigenvalue weighted by Crippen LogP contribution is 2.32. The standard InChI is InChI=1S/C31H38ClN3O5S/c1-21-8-12-24(13-9-21)19-34(23(3)30(37)33-31(4,5)6)29(36)20-35(25-14-17-28(40-7)27(32)18-25)41(38,39)26-15-10-22(2)11-16-26/h8-18,23H,19-20H2,1-7H3,(H,33,37). The molecule has 0 heterocycles. The first-order chi connectivity index (χ1) is 19.1. The first kappa shape index (κ1) is 32.0. The molecule has 0 aromatic heterocycles. The predicted octanol–water partition coefficient (Wildman–Crippen LogP) is 5.49. The number of hydrogen-bond donors (Lipinski definition) is 1. The predicted molar refractivity (Wildman–Crippen MR) is 163 cm³/mol. The van der Waals surface area contributed by atoms with Crippen molar-refractivity contribution < 1.29 is 22.7 Å². The van der Waals surface area contributed by atoms with Gasteiger partial charge in [0.2, 0.25) is 11.8 Å². The van der Waals surface area contributed by atoms with E-state index in [1.165, 1.54) is 36.3 Å². The Hall–Kier alpha value is -3.56. The summed E-state index contributed by atoms with van der Waals surface area (Å²) in [4.78, 5) is 28.7. The molecule has 220 valence electrons. The number of ether oxygens (including phenoxy) is 1. The molecule has 0 fully saturated rings. The number of rotatable bonds is 10. The Labute approximate surface area is 248 Å². The minimum Gasteiger partial charge on any atom is -0.495 e. The van der Waals surface area contributed by atoms with Crippen LogP contribution in [0.4, 0.5) is 5.69 Å². The number of carbonyl (C=O) groups excluding carboxylic acids is 2. The first-order valence-electron chi connectivity index (χ1n) is 13.2. The SMILES string of the molecule is COc1ccc(N(CC(=O)N(Cc2ccc(C)cc2)C(C)C(=O)NC(C)(C)C)S(=O)(=O)c2ccc(C)cc2)cc1Cl. The second-order valence-electron chi connectivity index (χ2n) is 11.1. The van der Waals surface area contributed by atoms with Crippen molar-refractivity contribution >= 4 is 39.1 Å². The summed E-state index contributed by atoms with van der Waals surface area (Å²) < 4.78 is 34.2. The smallest absolute Gasteiger partial charge is 0.264 e. The van der Waals surface area contributed by atoms with E-state index < -0.39 is 34.1 Å². The zero-order valence-electron chi connectivity index (χ0n) is 24.6. The summed E-state index contributed by atoms with van der Waals surface area (Å²) >= 11 is 6.37. The number of nitrogens with one attached hydrogen (secondary N) is 1. The molecule has 0 bridgehead atoms. The maximum absolute atomic E-state index is 14.0. The summed E-state index contributed by atoms with van der Waals surface area (Å²) in [5.74, 6) is -0.536. The highest BCUT2D eigenvalue weighted by molar-refractivity contribution is 7.92. The lowest BCUT2D eigenvalue weighted by Gasteiger charge is -2.33. The first-order valence-corrected chi connectivity index (χ1v) is 15.0. The van der Waals surface area contributed by atoms with Crippen LogP contribution in [0, 0.1) is 13.8 Å². The molecule has 0 saturated carbocycles. The highest BCUT2D eigenvalue weighted by Gasteiger charge is 2.33. The molecule has 3 aromatic carbocycles. The summed E-state index contributed by atoms with van der Waals surface area (Å²) in [5.41, 5.74) is 2.41. The van der Waals surface area contributed by atoms with Gasteiger partial charge < -0.3 is 15.0 Å². The Kier molecular flexibility index (Phi) is 10.1. The number of methoxy groups -OCH3 is 1. The fraction of sp³-hybridized carbons (Fsp3) is 0.355. The number of halogens is 1. The molecule has 10 heteroatoms. The van der Waals surface area contributed by atoms with Gasteiger partial charge in [0, 0.05) is 12.1 Å². The molecule has 1 N–H and O–H groups in total. The number of nitrogens with zero attached hydrogens (tertiary/aromatic N) is 2. The van der Waals surface area contributed by atoms with Gasteiger partial charge in [-0.15, -0.1) is 0 Å². The van der Waals surface area contributed by atoms with Gasteiger partial charge in [-0.3, -0.25) is 13.9 Å². The zero-order valence-corrected chi connectivity index (χ0v) is 26.1. The molecule has 0 spiro atoms. The van der Waals surface area contributed by atoms with Crippen molar-refractivity contribution in [2.75, 3.05) is 18.0 Å². The molecule has 8 nitrogen and oxygen atoms in total. The molecular formula is C31H38ClN3O5S. The van der Waals surface area contributed by atoms with Crippen LogP contribution in [0.5, 0.6) is 5.75 Å². The minimum absolute atomic E-state index is 0.0199. The van der Waals surface area contributed by atoms with E-state index in [0.29, 0.717) is 5.75 Å². The minimum atomic E-state index is -4.20. The van der Waals surface area contributed by atoms with Gasteiger partial charge in [0.05, 0.1) is 22.7 Å². The number of hydrogen-bond acceptors (Lipinski definition) is 5. The van der Waals surface area contributed by atoms with E-state index in [4.69, 9.17) is 16.3 Å². The third-order valence-corrected chi connectivity index (χ3v) is 8.53. The van der Waals surface area contributed by atoms with Crippen molar-refractivity contribution in [3.8, 4) is 5.75 Å². The molecule has 41 heavy (non-hydrogen) atoms. The van der Waals surface area contributed by atoms with Crippen LogP contribution in [0.3, 0.4) is 0 Å².